The summed E-state index contributed by atoms with van der Waals surface area (Å²) in [6.45, 7) is 3.75. The number of amides is 2. The van der Waals surface area contributed by atoms with Gasteiger partial charge < -0.3 is 10.6 Å². The largest absolute Gasteiger partial charge is 0.351 e. The molecule has 6 nitrogen and oxygen atoms in total. The number of urea groups is 1. The minimum absolute atomic E-state index is 0.00474. The molecule has 1 saturated heterocycles. The van der Waals surface area contributed by atoms with E-state index in [0.717, 1.165) is 62.6 Å². The van der Waals surface area contributed by atoms with Crippen LogP contribution in [0.1, 0.15) is 50.3 Å². The minimum Gasteiger partial charge on any atom is -0.351 e. The van der Waals surface area contributed by atoms with Gasteiger partial charge in [0.05, 0.1) is 6.04 Å². The summed E-state index contributed by atoms with van der Waals surface area (Å²) in [4.78, 5) is 18.0. The number of hydrogen-bond donors (Lipinski definition) is 1. The highest BCUT2D eigenvalue weighted by Crippen LogP contribution is 2.30. The molecule has 0 aliphatic carbocycles. The van der Waals surface area contributed by atoms with E-state index in [0.29, 0.717) is 0 Å². The van der Waals surface area contributed by atoms with Crippen LogP contribution in [-0.2, 0) is 13.0 Å². The second-order valence-electron chi connectivity index (χ2n) is 5.40. The maximum Gasteiger partial charge on any atom is 0.315 e. The van der Waals surface area contributed by atoms with Gasteiger partial charge in [-0.15, -0.1) is 0 Å². The predicted octanol–water partition coefficient (Wildman–Crippen LogP) is 2.20. The monoisotopic (exact) mass is 311 g/mol. The second kappa shape index (κ2) is 7.68. The summed E-state index contributed by atoms with van der Waals surface area (Å²) in [5, 5.41) is 4.64. The summed E-state index contributed by atoms with van der Waals surface area (Å²) in [7, 11) is 0. The average molecular weight is 311 g/mol. The number of likely N-dealkylation sites (tertiary alicyclic amines) is 1. The lowest BCUT2D eigenvalue weighted by Gasteiger charge is -2.22. The van der Waals surface area contributed by atoms with E-state index in [1.165, 1.54) is 0 Å². The predicted molar refractivity (Wildman–Crippen MR) is 85.3 cm³/mol. The van der Waals surface area contributed by atoms with E-state index >= 15 is 0 Å². The van der Waals surface area contributed by atoms with E-state index in [2.05, 4.69) is 18.3 Å². The molecule has 2 heterocycles. The van der Waals surface area contributed by atoms with E-state index in [-0.39, 0.29) is 12.1 Å². The molecule has 1 aliphatic rings. The highest BCUT2D eigenvalue weighted by atomic mass is 32.2. The fourth-order valence-corrected chi connectivity index (χ4v) is 3.11. The zero-order valence-electron chi connectivity index (χ0n) is 12.9. The number of thioether (sulfide) groups is 1. The minimum atomic E-state index is -0.354. The number of carbonyl (C=O) groups excluding carboxylic acids is 1. The molecule has 0 spiro atoms. The molecule has 0 bridgehead atoms. The molecular formula is C14H25N5OS. The molecule has 2 N–H and O–H groups in total. The molecule has 1 aromatic rings. The average Bonchev–Trinajstić information content (AvgIpc) is 3.09. The van der Waals surface area contributed by atoms with Crippen molar-refractivity contribution in [2.75, 3.05) is 18.6 Å². The summed E-state index contributed by atoms with van der Waals surface area (Å²) in [6.07, 6.45) is 7.05. The zero-order chi connectivity index (χ0) is 15.2. The third-order valence-electron chi connectivity index (χ3n) is 3.83. The number of nitrogens with two attached hydrogens (primary N) is 1. The van der Waals surface area contributed by atoms with Gasteiger partial charge in [-0.05, 0) is 25.5 Å². The van der Waals surface area contributed by atoms with Crippen LogP contribution in [0.15, 0.2) is 0 Å². The lowest BCUT2D eigenvalue weighted by atomic mass is 10.2. The van der Waals surface area contributed by atoms with Gasteiger partial charge in [0, 0.05) is 25.3 Å². The first-order chi connectivity index (χ1) is 10.2. The standard InChI is InChI=1S/C14H25N5OS/c1-3-4-9-19-13(16-12(17-19)7-10-21-2)11-6-5-8-18(11)14(15)20/h11H,3-10H2,1-2H3,(H2,15,20). The highest BCUT2D eigenvalue weighted by molar-refractivity contribution is 7.98. The Morgan fingerprint density at radius 3 is 3.00 bits per heavy atom. The van der Waals surface area contributed by atoms with Crippen molar-refractivity contribution < 1.29 is 4.79 Å². The first-order valence-corrected chi connectivity index (χ1v) is 9.05. The fraction of sp³-hybridized carbons (Fsp3) is 0.786. The zero-order valence-corrected chi connectivity index (χ0v) is 13.7. The van der Waals surface area contributed by atoms with Gasteiger partial charge >= 0.3 is 6.03 Å². The molecule has 0 aromatic carbocycles. The lowest BCUT2D eigenvalue weighted by molar-refractivity contribution is 0.199. The number of unbranched alkanes of at least 4 members (excludes halogenated alkanes) is 1. The molecule has 0 saturated carbocycles. The molecule has 0 radical (unpaired) electrons. The van der Waals surface area contributed by atoms with Crippen LogP contribution >= 0.6 is 11.8 Å². The van der Waals surface area contributed by atoms with Crippen LogP contribution in [0.3, 0.4) is 0 Å². The van der Waals surface area contributed by atoms with Gasteiger partial charge in [-0.25, -0.2) is 14.5 Å². The molecule has 1 aromatic heterocycles. The third kappa shape index (κ3) is 3.90. The summed E-state index contributed by atoms with van der Waals surface area (Å²) >= 11 is 1.79. The molecule has 21 heavy (non-hydrogen) atoms. The maximum atomic E-state index is 11.6. The number of nitrogens with zero attached hydrogens (tertiary/aromatic N) is 4. The van der Waals surface area contributed by atoms with Gasteiger partial charge in [0.2, 0.25) is 0 Å². The normalized spacial score (nSPS) is 18.4. The second-order valence-corrected chi connectivity index (χ2v) is 6.38. The third-order valence-corrected chi connectivity index (χ3v) is 4.44. The van der Waals surface area contributed by atoms with E-state index in [1.54, 1.807) is 16.7 Å². The topological polar surface area (TPSA) is 77.0 Å². The van der Waals surface area contributed by atoms with Crippen molar-refractivity contribution in [3.63, 3.8) is 0 Å². The van der Waals surface area contributed by atoms with Crippen molar-refractivity contribution in [3.05, 3.63) is 11.6 Å². The van der Waals surface area contributed by atoms with Gasteiger partial charge in [0.1, 0.15) is 5.82 Å². The molecule has 7 heteroatoms. The van der Waals surface area contributed by atoms with E-state index in [1.807, 2.05) is 4.68 Å². The van der Waals surface area contributed by atoms with Gasteiger partial charge in [-0.2, -0.15) is 16.9 Å². The molecular weight excluding hydrogens is 286 g/mol. The Morgan fingerprint density at radius 2 is 2.33 bits per heavy atom. The van der Waals surface area contributed by atoms with Crippen molar-refractivity contribution >= 4 is 17.8 Å². The van der Waals surface area contributed by atoms with Crippen LogP contribution in [0, 0.1) is 0 Å². The number of primary amides is 1. The van der Waals surface area contributed by atoms with Gasteiger partial charge in [-0.1, -0.05) is 13.3 Å². The van der Waals surface area contributed by atoms with Gasteiger partial charge in [-0.3, -0.25) is 0 Å². The van der Waals surface area contributed by atoms with Crippen LogP contribution < -0.4 is 5.73 Å². The SMILES string of the molecule is CCCCn1nc(CCSC)nc1C1CCCN1C(N)=O. The Bertz CT molecular complexity index is 476. The Hall–Kier alpha value is -1.24. The lowest BCUT2D eigenvalue weighted by Crippen LogP contribution is -2.36. The number of aryl methyl sites for hydroxylation is 2. The Labute approximate surface area is 130 Å². The Kier molecular flexibility index (Phi) is 5.90. The number of carbonyl (C=O) groups is 1. The molecule has 1 unspecified atom stereocenters. The maximum absolute atomic E-state index is 11.6. The first kappa shape index (κ1) is 16.1. The van der Waals surface area contributed by atoms with E-state index in [9.17, 15) is 4.79 Å². The summed E-state index contributed by atoms with van der Waals surface area (Å²) in [5.41, 5.74) is 5.49. The Morgan fingerprint density at radius 1 is 1.52 bits per heavy atom. The number of rotatable bonds is 7. The van der Waals surface area contributed by atoms with Crippen molar-refractivity contribution in [1.82, 2.24) is 19.7 Å². The van der Waals surface area contributed by atoms with Gasteiger partial charge in [0.15, 0.2) is 5.82 Å². The Balaban J connectivity index is 2.22. The summed E-state index contributed by atoms with van der Waals surface area (Å²) in [5.74, 6) is 2.81. The molecule has 118 valence electrons. The number of hydrogen-bond acceptors (Lipinski definition) is 4. The molecule has 2 rings (SSSR count). The fourth-order valence-electron chi connectivity index (χ4n) is 2.72. The molecule has 1 atom stereocenters. The van der Waals surface area contributed by atoms with Crippen LogP contribution in [0.25, 0.3) is 0 Å². The van der Waals surface area contributed by atoms with Crippen LogP contribution in [-0.4, -0.2) is 44.2 Å². The van der Waals surface area contributed by atoms with Crippen molar-refractivity contribution in [2.24, 2.45) is 5.73 Å². The van der Waals surface area contributed by atoms with Crippen LogP contribution in [0.5, 0.6) is 0 Å². The smallest absolute Gasteiger partial charge is 0.315 e. The quantitative estimate of drug-likeness (QED) is 0.837. The van der Waals surface area contributed by atoms with Crippen molar-refractivity contribution in [2.45, 2.75) is 51.6 Å². The highest BCUT2D eigenvalue weighted by Gasteiger charge is 2.32. The molecule has 2 amide bonds. The van der Waals surface area contributed by atoms with E-state index in [4.69, 9.17) is 10.7 Å². The van der Waals surface area contributed by atoms with Crippen LogP contribution in [0.2, 0.25) is 0 Å². The van der Waals surface area contributed by atoms with Gasteiger partial charge in [0.25, 0.3) is 0 Å². The van der Waals surface area contributed by atoms with Crippen molar-refractivity contribution in [3.8, 4) is 0 Å². The molecule has 1 fully saturated rings. The van der Waals surface area contributed by atoms with Crippen LogP contribution in [0.4, 0.5) is 4.79 Å². The van der Waals surface area contributed by atoms with E-state index < -0.39 is 0 Å². The first-order valence-electron chi connectivity index (χ1n) is 7.66. The molecule has 1 aliphatic heterocycles. The summed E-state index contributed by atoms with van der Waals surface area (Å²) in [6, 6.07) is -0.358. The number of aromatic nitrogens is 3. The summed E-state index contributed by atoms with van der Waals surface area (Å²) < 4.78 is 1.99. The van der Waals surface area contributed by atoms with Crippen molar-refractivity contribution in [1.29, 1.82) is 0 Å².